The summed E-state index contributed by atoms with van der Waals surface area (Å²) >= 11 is 5.92. The van der Waals surface area contributed by atoms with Crippen LogP contribution in [0.4, 0.5) is 5.69 Å². The Balaban J connectivity index is 2.27. The number of rotatable bonds is 4. The molecule has 6 heteroatoms. The second kappa shape index (κ2) is 5.92. The van der Waals surface area contributed by atoms with Crippen LogP contribution in [-0.4, -0.2) is 26.3 Å². The van der Waals surface area contributed by atoms with Crippen molar-refractivity contribution in [2.45, 2.75) is 37.5 Å². The smallest absolute Gasteiger partial charge is 0.243 e. The number of nitrogens with two attached hydrogens (primary N) is 1. The quantitative estimate of drug-likeness (QED) is 0.868. The van der Waals surface area contributed by atoms with Crippen LogP contribution in [0.2, 0.25) is 5.02 Å². The number of halogens is 1. The zero-order valence-electron chi connectivity index (χ0n) is 11.9. The molecule has 2 rings (SSSR count). The first-order valence-corrected chi connectivity index (χ1v) is 8.66. The maximum atomic E-state index is 12.6. The average molecular weight is 317 g/mol. The van der Waals surface area contributed by atoms with E-state index < -0.39 is 10.0 Å². The highest BCUT2D eigenvalue weighted by atomic mass is 35.5. The second-order valence-corrected chi connectivity index (χ2v) is 8.00. The Hall–Kier alpha value is -0.780. The topological polar surface area (TPSA) is 63.4 Å². The molecule has 0 spiro atoms. The van der Waals surface area contributed by atoms with Crippen LogP contribution in [0.25, 0.3) is 0 Å². The van der Waals surface area contributed by atoms with E-state index in [4.69, 9.17) is 17.3 Å². The third-order valence-corrected chi connectivity index (χ3v) is 6.27. The van der Waals surface area contributed by atoms with Gasteiger partial charge in [-0.15, -0.1) is 0 Å². The van der Waals surface area contributed by atoms with E-state index in [0.29, 0.717) is 28.7 Å². The monoisotopic (exact) mass is 316 g/mol. The molecule has 4 nitrogen and oxygen atoms in total. The Morgan fingerprint density at radius 3 is 2.55 bits per heavy atom. The van der Waals surface area contributed by atoms with Crippen molar-refractivity contribution >= 4 is 27.3 Å². The summed E-state index contributed by atoms with van der Waals surface area (Å²) in [6, 6.07) is 3.06. The lowest BCUT2D eigenvalue weighted by atomic mass is 10.1. The molecule has 1 aliphatic rings. The highest BCUT2D eigenvalue weighted by Crippen LogP contribution is 2.30. The number of hydrogen-bond donors (Lipinski definition) is 1. The molecular weight excluding hydrogens is 296 g/mol. The lowest BCUT2D eigenvalue weighted by molar-refractivity contribution is 0.387. The lowest BCUT2D eigenvalue weighted by Gasteiger charge is -2.22. The number of hydrogen-bond acceptors (Lipinski definition) is 3. The van der Waals surface area contributed by atoms with Crippen LogP contribution >= 0.6 is 11.6 Å². The van der Waals surface area contributed by atoms with Crippen LogP contribution in [0.3, 0.4) is 0 Å². The summed E-state index contributed by atoms with van der Waals surface area (Å²) in [7, 11) is -1.86. The summed E-state index contributed by atoms with van der Waals surface area (Å²) in [5.41, 5.74) is 6.66. The van der Waals surface area contributed by atoms with Crippen LogP contribution in [0.5, 0.6) is 0 Å². The number of nitrogens with zero attached hydrogens (tertiary/aromatic N) is 1. The summed E-state index contributed by atoms with van der Waals surface area (Å²) in [5.74, 6) is 0.472. The molecule has 0 saturated heterocycles. The van der Waals surface area contributed by atoms with E-state index in [-0.39, 0.29) is 4.90 Å². The van der Waals surface area contributed by atoms with Gasteiger partial charge < -0.3 is 5.73 Å². The second-order valence-electron chi connectivity index (χ2n) is 5.58. The third kappa shape index (κ3) is 3.10. The van der Waals surface area contributed by atoms with Crippen LogP contribution in [0.1, 0.15) is 31.2 Å². The molecule has 1 fully saturated rings. The van der Waals surface area contributed by atoms with Crippen LogP contribution in [0.15, 0.2) is 17.0 Å². The fraction of sp³-hybridized carbons (Fsp3) is 0.571. The summed E-state index contributed by atoms with van der Waals surface area (Å²) in [6.07, 6.45) is 4.63. The van der Waals surface area contributed by atoms with E-state index in [0.717, 1.165) is 12.8 Å². The van der Waals surface area contributed by atoms with Crippen LogP contribution < -0.4 is 5.73 Å². The number of sulfonamides is 1. The van der Waals surface area contributed by atoms with Gasteiger partial charge in [0.05, 0.1) is 15.6 Å². The standard InChI is InChI=1S/C14H21ClN2O2S/c1-10-7-12(15)13(16)8-14(10)20(18,19)17(2)9-11-5-3-4-6-11/h7-8,11H,3-6,9,16H2,1-2H3. The number of anilines is 1. The molecule has 20 heavy (non-hydrogen) atoms. The van der Waals surface area contributed by atoms with E-state index in [1.807, 2.05) is 0 Å². The molecule has 0 aromatic heterocycles. The van der Waals surface area contributed by atoms with Gasteiger partial charge in [-0.05, 0) is 43.4 Å². The molecule has 0 bridgehead atoms. The van der Waals surface area contributed by atoms with Crippen LogP contribution in [-0.2, 0) is 10.0 Å². The minimum Gasteiger partial charge on any atom is -0.397 e. The SMILES string of the molecule is Cc1cc(Cl)c(N)cc1S(=O)(=O)N(C)CC1CCCC1. The summed E-state index contributed by atoms with van der Waals surface area (Å²) in [6.45, 7) is 2.31. The van der Waals surface area contributed by atoms with E-state index in [2.05, 4.69) is 0 Å². The van der Waals surface area contributed by atoms with Crippen molar-refractivity contribution in [1.82, 2.24) is 4.31 Å². The maximum Gasteiger partial charge on any atom is 0.243 e. The molecular formula is C14H21ClN2O2S. The van der Waals surface area contributed by atoms with E-state index in [1.54, 1.807) is 20.0 Å². The van der Waals surface area contributed by atoms with Gasteiger partial charge in [-0.3, -0.25) is 0 Å². The Morgan fingerprint density at radius 1 is 1.35 bits per heavy atom. The Labute approximate surface area is 126 Å². The fourth-order valence-corrected chi connectivity index (χ4v) is 4.47. The number of aryl methyl sites for hydroxylation is 1. The van der Waals surface area contributed by atoms with Crippen molar-refractivity contribution in [1.29, 1.82) is 0 Å². The van der Waals surface area contributed by atoms with Crippen molar-refractivity contribution in [3.05, 3.63) is 22.7 Å². The highest BCUT2D eigenvalue weighted by Gasteiger charge is 2.27. The average Bonchev–Trinajstić information content (AvgIpc) is 2.86. The first-order valence-electron chi connectivity index (χ1n) is 6.84. The predicted octanol–water partition coefficient (Wildman–Crippen LogP) is 3.04. The Bertz CT molecular complexity index is 595. The molecule has 0 atom stereocenters. The van der Waals surface area contributed by atoms with Gasteiger partial charge in [0.1, 0.15) is 0 Å². The lowest BCUT2D eigenvalue weighted by Crippen LogP contribution is -2.31. The molecule has 1 aliphatic carbocycles. The predicted molar refractivity (Wildman–Crippen MR) is 82.4 cm³/mol. The summed E-state index contributed by atoms with van der Waals surface area (Å²) < 4.78 is 26.7. The van der Waals surface area contributed by atoms with Crippen molar-refractivity contribution in [2.75, 3.05) is 19.3 Å². The van der Waals surface area contributed by atoms with Gasteiger partial charge in [-0.25, -0.2) is 12.7 Å². The van der Waals surface area contributed by atoms with Gasteiger partial charge in [-0.2, -0.15) is 0 Å². The largest absolute Gasteiger partial charge is 0.397 e. The van der Waals surface area contributed by atoms with Crippen molar-refractivity contribution in [3.8, 4) is 0 Å². The fourth-order valence-electron chi connectivity index (χ4n) is 2.77. The molecule has 0 aliphatic heterocycles. The third-order valence-electron chi connectivity index (χ3n) is 3.97. The summed E-state index contributed by atoms with van der Waals surface area (Å²) in [4.78, 5) is 0.250. The minimum absolute atomic E-state index is 0.250. The van der Waals surface area contributed by atoms with E-state index in [1.165, 1.54) is 23.2 Å². The molecule has 1 saturated carbocycles. The molecule has 1 aromatic carbocycles. The van der Waals surface area contributed by atoms with Gasteiger partial charge in [0.2, 0.25) is 10.0 Å². The Kier molecular flexibility index (Phi) is 4.62. The molecule has 0 amide bonds. The van der Waals surface area contributed by atoms with Crippen molar-refractivity contribution < 1.29 is 8.42 Å². The van der Waals surface area contributed by atoms with Crippen molar-refractivity contribution in [2.24, 2.45) is 5.92 Å². The molecule has 2 N–H and O–H groups in total. The van der Waals surface area contributed by atoms with Crippen molar-refractivity contribution in [3.63, 3.8) is 0 Å². The zero-order valence-corrected chi connectivity index (χ0v) is 13.5. The molecule has 0 unspecified atom stereocenters. The number of nitrogen functional groups attached to an aromatic ring is 1. The van der Waals surface area contributed by atoms with Gasteiger partial charge in [-0.1, -0.05) is 24.4 Å². The van der Waals surface area contributed by atoms with E-state index in [9.17, 15) is 8.42 Å². The Morgan fingerprint density at radius 2 is 1.95 bits per heavy atom. The first-order chi connectivity index (χ1) is 9.32. The van der Waals surface area contributed by atoms with Gasteiger partial charge in [0.25, 0.3) is 0 Å². The highest BCUT2D eigenvalue weighted by molar-refractivity contribution is 7.89. The van der Waals surface area contributed by atoms with Gasteiger partial charge >= 0.3 is 0 Å². The molecule has 0 heterocycles. The normalized spacial score (nSPS) is 17.0. The maximum absolute atomic E-state index is 12.6. The molecule has 112 valence electrons. The summed E-state index contributed by atoms with van der Waals surface area (Å²) in [5, 5.41) is 0.389. The van der Waals surface area contributed by atoms with Crippen LogP contribution in [0, 0.1) is 12.8 Å². The zero-order chi connectivity index (χ0) is 14.9. The van der Waals surface area contributed by atoms with Gasteiger partial charge in [0, 0.05) is 13.6 Å². The first kappa shape index (κ1) is 15.6. The minimum atomic E-state index is -3.50. The van der Waals surface area contributed by atoms with Gasteiger partial charge in [0.15, 0.2) is 0 Å². The molecule has 0 radical (unpaired) electrons. The van der Waals surface area contributed by atoms with E-state index >= 15 is 0 Å². The number of benzene rings is 1. The molecule has 1 aromatic rings.